The smallest absolute Gasteiger partial charge is 0.322 e. The van der Waals surface area contributed by atoms with Crippen molar-refractivity contribution in [1.82, 2.24) is 14.9 Å². The summed E-state index contributed by atoms with van der Waals surface area (Å²) in [6.07, 6.45) is 0. The van der Waals surface area contributed by atoms with Crippen molar-refractivity contribution >= 4 is 22.6 Å². The predicted octanol–water partition coefficient (Wildman–Crippen LogP) is 4.31. The van der Waals surface area contributed by atoms with Gasteiger partial charge in [0.2, 0.25) is 0 Å². The Balaban J connectivity index is 1.63. The molecule has 0 aliphatic carbocycles. The van der Waals surface area contributed by atoms with Crippen LogP contribution in [0.25, 0.3) is 10.9 Å². The Morgan fingerprint density at radius 1 is 1.06 bits per heavy atom. The van der Waals surface area contributed by atoms with Crippen LogP contribution in [0.2, 0.25) is 0 Å². The SMILES string of the molecule is COc1cccc(NC(=O)N(Cc2ccc(F)cc2)Cc2nc3ccccc3c(=O)[nH]2)c1. The molecule has 0 radical (unpaired) electrons. The van der Waals surface area contributed by atoms with E-state index in [9.17, 15) is 14.0 Å². The maximum absolute atomic E-state index is 13.3. The number of aromatic amines is 1. The van der Waals surface area contributed by atoms with Gasteiger partial charge in [-0.25, -0.2) is 14.2 Å². The minimum atomic E-state index is -0.404. The number of nitrogens with zero attached hydrogens (tertiary/aromatic N) is 2. The zero-order chi connectivity index (χ0) is 22.5. The van der Waals surface area contributed by atoms with E-state index >= 15 is 0 Å². The first-order valence-corrected chi connectivity index (χ1v) is 9.94. The third kappa shape index (κ3) is 4.92. The number of halogens is 1. The summed E-state index contributed by atoms with van der Waals surface area (Å²) in [7, 11) is 1.55. The van der Waals surface area contributed by atoms with Gasteiger partial charge in [0, 0.05) is 18.3 Å². The summed E-state index contributed by atoms with van der Waals surface area (Å²) in [5, 5.41) is 3.31. The number of fused-ring (bicyclic) bond motifs is 1. The monoisotopic (exact) mass is 432 g/mol. The first kappa shape index (κ1) is 21.0. The Morgan fingerprint density at radius 3 is 2.62 bits per heavy atom. The van der Waals surface area contributed by atoms with Crippen LogP contribution in [0.5, 0.6) is 5.75 Å². The molecule has 2 amide bonds. The number of hydrogen-bond donors (Lipinski definition) is 2. The molecule has 0 bridgehead atoms. The number of methoxy groups -OCH3 is 1. The molecule has 0 aliphatic rings. The number of carbonyl (C=O) groups excluding carboxylic acids is 1. The van der Waals surface area contributed by atoms with Gasteiger partial charge in [0.05, 0.1) is 24.6 Å². The van der Waals surface area contributed by atoms with Crippen LogP contribution in [-0.2, 0) is 13.1 Å². The zero-order valence-corrected chi connectivity index (χ0v) is 17.3. The normalized spacial score (nSPS) is 10.7. The molecule has 0 unspecified atom stereocenters. The summed E-state index contributed by atoms with van der Waals surface area (Å²) in [5.74, 6) is 0.590. The van der Waals surface area contributed by atoms with Gasteiger partial charge in [-0.05, 0) is 42.0 Å². The summed E-state index contributed by atoms with van der Waals surface area (Å²) in [6, 6.07) is 19.5. The number of para-hydroxylation sites is 1. The van der Waals surface area contributed by atoms with Crippen molar-refractivity contribution in [3.63, 3.8) is 0 Å². The van der Waals surface area contributed by atoms with Crippen LogP contribution < -0.4 is 15.6 Å². The highest BCUT2D eigenvalue weighted by atomic mass is 19.1. The summed E-state index contributed by atoms with van der Waals surface area (Å²) in [5.41, 5.74) is 1.55. The third-order valence-electron chi connectivity index (χ3n) is 4.90. The molecule has 2 N–H and O–H groups in total. The Hall–Kier alpha value is -4.20. The molecule has 0 saturated heterocycles. The molecular formula is C24H21FN4O3. The van der Waals surface area contributed by atoms with E-state index in [0.29, 0.717) is 28.2 Å². The first-order chi connectivity index (χ1) is 15.5. The van der Waals surface area contributed by atoms with Crippen LogP contribution in [0.3, 0.4) is 0 Å². The Bertz CT molecular complexity index is 1300. The molecule has 0 spiro atoms. The van der Waals surface area contributed by atoms with Gasteiger partial charge in [-0.3, -0.25) is 4.79 Å². The second-order valence-electron chi connectivity index (χ2n) is 7.17. The molecule has 0 fully saturated rings. The van der Waals surface area contributed by atoms with Crippen LogP contribution in [0.1, 0.15) is 11.4 Å². The van der Waals surface area contributed by atoms with Crippen molar-refractivity contribution in [2.75, 3.05) is 12.4 Å². The van der Waals surface area contributed by atoms with Crippen molar-refractivity contribution in [2.45, 2.75) is 13.1 Å². The molecule has 32 heavy (non-hydrogen) atoms. The number of anilines is 1. The number of carbonyl (C=O) groups is 1. The van der Waals surface area contributed by atoms with E-state index in [1.807, 2.05) is 0 Å². The molecule has 1 aromatic heterocycles. The van der Waals surface area contributed by atoms with E-state index in [4.69, 9.17) is 4.74 Å². The number of rotatable bonds is 6. The molecule has 3 aromatic carbocycles. The third-order valence-corrected chi connectivity index (χ3v) is 4.90. The van der Waals surface area contributed by atoms with Gasteiger partial charge in [0.25, 0.3) is 5.56 Å². The summed E-state index contributed by atoms with van der Waals surface area (Å²) >= 11 is 0. The van der Waals surface area contributed by atoms with Gasteiger partial charge < -0.3 is 19.9 Å². The van der Waals surface area contributed by atoms with Crippen LogP contribution in [0.4, 0.5) is 14.9 Å². The molecule has 4 aromatic rings. The van der Waals surface area contributed by atoms with E-state index < -0.39 is 6.03 Å². The second kappa shape index (κ2) is 9.30. The molecular weight excluding hydrogens is 411 g/mol. The summed E-state index contributed by atoms with van der Waals surface area (Å²) in [4.78, 5) is 34.3. The average Bonchev–Trinajstić information content (AvgIpc) is 2.80. The van der Waals surface area contributed by atoms with E-state index in [1.54, 1.807) is 67.8 Å². The van der Waals surface area contributed by atoms with E-state index in [0.717, 1.165) is 5.56 Å². The van der Waals surface area contributed by atoms with Gasteiger partial charge >= 0.3 is 6.03 Å². The first-order valence-electron chi connectivity index (χ1n) is 9.94. The Labute approximate surface area is 183 Å². The summed E-state index contributed by atoms with van der Waals surface area (Å²) < 4.78 is 18.5. The molecule has 1 heterocycles. The number of ether oxygens (including phenoxy) is 1. The van der Waals surface area contributed by atoms with Gasteiger partial charge in [-0.15, -0.1) is 0 Å². The van der Waals surface area contributed by atoms with Crippen molar-refractivity contribution in [3.8, 4) is 5.75 Å². The maximum atomic E-state index is 13.3. The molecule has 0 saturated carbocycles. The van der Waals surface area contributed by atoms with Crippen LogP contribution in [0, 0.1) is 5.82 Å². The number of nitrogens with one attached hydrogen (secondary N) is 2. The molecule has 7 nitrogen and oxygen atoms in total. The van der Waals surface area contributed by atoms with Gasteiger partial charge in [0.15, 0.2) is 0 Å². The minimum Gasteiger partial charge on any atom is -0.497 e. The van der Waals surface area contributed by atoms with Gasteiger partial charge in [-0.1, -0.05) is 30.3 Å². The lowest BCUT2D eigenvalue weighted by atomic mass is 10.2. The number of urea groups is 1. The highest BCUT2D eigenvalue weighted by molar-refractivity contribution is 5.89. The van der Waals surface area contributed by atoms with Crippen LogP contribution in [0.15, 0.2) is 77.6 Å². The van der Waals surface area contributed by atoms with Gasteiger partial charge in [0.1, 0.15) is 17.4 Å². The summed E-state index contributed by atoms with van der Waals surface area (Å²) in [6.45, 7) is 0.236. The van der Waals surface area contributed by atoms with Crippen LogP contribution in [-0.4, -0.2) is 28.0 Å². The van der Waals surface area contributed by atoms with Crippen molar-refractivity contribution in [2.24, 2.45) is 0 Å². The second-order valence-corrected chi connectivity index (χ2v) is 7.17. The number of aromatic nitrogens is 2. The van der Waals surface area contributed by atoms with E-state index in [-0.39, 0.29) is 24.5 Å². The number of hydrogen-bond acceptors (Lipinski definition) is 4. The van der Waals surface area contributed by atoms with Crippen molar-refractivity contribution in [3.05, 3.63) is 100 Å². The fraction of sp³-hybridized carbons (Fsp3) is 0.125. The quantitative estimate of drug-likeness (QED) is 0.475. The fourth-order valence-corrected chi connectivity index (χ4v) is 3.30. The van der Waals surface area contributed by atoms with E-state index in [2.05, 4.69) is 15.3 Å². The predicted molar refractivity (Wildman–Crippen MR) is 120 cm³/mol. The molecule has 162 valence electrons. The van der Waals surface area contributed by atoms with Crippen molar-refractivity contribution in [1.29, 1.82) is 0 Å². The van der Waals surface area contributed by atoms with Crippen LogP contribution >= 0.6 is 0 Å². The lowest BCUT2D eigenvalue weighted by Crippen LogP contribution is -2.35. The standard InChI is InChI=1S/C24H21FN4O3/c1-32-19-6-4-5-18(13-19)26-24(31)29(14-16-9-11-17(25)12-10-16)15-22-27-21-8-3-2-7-20(21)23(30)28-22/h2-13H,14-15H2,1H3,(H,26,31)(H,27,28,30). The molecule has 0 aliphatic heterocycles. The minimum absolute atomic E-state index is 0.0489. The zero-order valence-electron chi connectivity index (χ0n) is 17.3. The topological polar surface area (TPSA) is 87.3 Å². The molecule has 8 heteroatoms. The largest absolute Gasteiger partial charge is 0.497 e. The lowest BCUT2D eigenvalue weighted by molar-refractivity contribution is 0.205. The number of amides is 2. The highest BCUT2D eigenvalue weighted by Crippen LogP contribution is 2.18. The Kier molecular flexibility index (Phi) is 6.12. The van der Waals surface area contributed by atoms with E-state index in [1.165, 1.54) is 17.0 Å². The lowest BCUT2D eigenvalue weighted by Gasteiger charge is -2.23. The average molecular weight is 432 g/mol. The maximum Gasteiger partial charge on any atom is 0.322 e. The fourth-order valence-electron chi connectivity index (χ4n) is 3.30. The number of H-pyrrole nitrogens is 1. The molecule has 0 atom stereocenters. The Morgan fingerprint density at radius 2 is 1.84 bits per heavy atom. The highest BCUT2D eigenvalue weighted by Gasteiger charge is 2.17. The number of benzene rings is 3. The van der Waals surface area contributed by atoms with Crippen molar-refractivity contribution < 1.29 is 13.9 Å². The van der Waals surface area contributed by atoms with Gasteiger partial charge in [-0.2, -0.15) is 0 Å². The molecule has 4 rings (SSSR count).